The molecule has 0 radical (unpaired) electrons. The van der Waals surface area contributed by atoms with E-state index in [9.17, 15) is 5.11 Å². The molecule has 3 heteroatoms. The van der Waals surface area contributed by atoms with Crippen molar-refractivity contribution >= 4 is 23.4 Å². The smallest absolute Gasteiger partial charge is 0.0650 e. The Bertz CT molecular complexity index is 319. The van der Waals surface area contributed by atoms with Crippen molar-refractivity contribution in [3.63, 3.8) is 0 Å². The molecule has 0 aliphatic carbocycles. The molecule has 1 rings (SSSR count). The lowest BCUT2D eigenvalue weighted by Gasteiger charge is -2.27. The van der Waals surface area contributed by atoms with Gasteiger partial charge >= 0.3 is 0 Å². The second kappa shape index (κ2) is 5.95. The zero-order chi connectivity index (χ0) is 12.2. The predicted octanol–water partition coefficient (Wildman–Crippen LogP) is 4.23. The Hall–Kier alpha value is -0.180. The molecule has 90 valence electrons. The van der Waals surface area contributed by atoms with Gasteiger partial charge in [-0.15, -0.1) is 11.8 Å². The maximum atomic E-state index is 10.1. The van der Waals surface area contributed by atoms with Crippen LogP contribution in [0, 0.1) is 5.92 Å². The molecule has 0 bridgehead atoms. The third kappa shape index (κ3) is 4.36. The molecule has 1 N–H and O–H groups in total. The van der Waals surface area contributed by atoms with Gasteiger partial charge in [-0.25, -0.2) is 0 Å². The van der Waals surface area contributed by atoms with Crippen molar-refractivity contribution < 1.29 is 5.11 Å². The van der Waals surface area contributed by atoms with Crippen LogP contribution in [0.4, 0.5) is 0 Å². The highest BCUT2D eigenvalue weighted by Crippen LogP contribution is 2.26. The van der Waals surface area contributed by atoms with E-state index >= 15 is 0 Å². The van der Waals surface area contributed by atoms with Crippen molar-refractivity contribution in [2.75, 3.05) is 5.75 Å². The first-order chi connectivity index (χ1) is 7.42. The Kier molecular flexibility index (Phi) is 5.16. The summed E-state index contributed by atoms with van der Waals surface area (Å²) < 4.78 is 0. The topological polar surface area (TPSA) is 20.2 Å². The number of aliphatic hydroxyl groups is 1. The summed E-state index contributed by atoms with van der Waals surface area (Å²) in [7, 11) is 0. The first-order valence-electron chi connectivity index (χ1n) is 5.52. The lowest BCUT2D eigenvalue weighted by molar-refractivity contribution is 0.0111. The molecule has 1 atom stereocenters. The van der Waals surface area contributed by atoms with Gasteiger partial charge in [0.25, 0.3) is 0 Å². The standard InChI is InChI=1S/C13H19ClOS/c1-10(2)13(3,15)8-9-16-12-6-4-11(14)5-7-12/h4-7,10,15H,8-9H2,1-3H3. The Morgan fingerprint density at radius 3 is 2.38 bits per heavy atom. The fourth-order valence-corrected chi connectivity index (χ4v) is 2.40. The minimum absolute atomic E-state index is 0.290. The van der Waals surface area contributed by atoms with Gasteiger partial charge in [0, 0.05) is 15.7 Å². The molecule has 0 fully saturated rings. The monoisotopic (exact) mass is 258 g/mol. The third-order valence-electron chi connectivity index (χ3n) is 2.93. The van der Waals surface area contributed by atoms with Gasteiger partial charge in [0.2, 0.25) is 0 Å². The minimum atomic E-state index is -0.570. The molecule has 0 amide bonds. The molecular formula is C13H19ClOS. The van der Waals surface area contributed by atoms with Gasteiger partial charge in [-0.2, -0.15) is 0 Å². The van der Waals surface area contributed by atoms with Gasteiger partial charge in [-0.05, 0) is 43.5 Å². The Morgan fingerprint density at radius 1 is 1.31 bits per heavy atom. The normalized spacial score (nSPS) is 15.1. The van der Waals surface area contributed by atoms with Crippen LogP contribution in [0.5, 0.6) is 0 Å². The van der Waals surface area contributed by atoms with E-state index in [4.69, 9.17) is 11.6 Å². The van der Waals surface area contributed by atoms with Crippen LogP contribution in [0.25, 0.3) is 0 Å². The maximum Gasteiger partial charge on any atom is 0.0650 e. The summed E-state index contributed by atoms with van der Waals surface area (Å²) in [6.45, 7) is 6.00. The summed E-state index contributed by atoms with van der Waals surface area (Å²) in [5.74, 6) is 1.21. The molecular weight excluding hydrogens is 240 g/mol. The van der Waals surface area contributed by atoms with Crippen molar-refractivity contribution in [2.45, 2.75) is 37.7 Å². The molecule has 0 aliphatic rings. The van der Waals surface area contributed by atoms with Crippen LogP contribution in [0.1, 0.15) is 27.2 Å². The van der Waals surface area contributed by atoms with Gasteiger partial charge < -0.3 is 5.11 Å². The van der Waals surface area contributed by atoms with Crippen LogP contribution in [0.15, 0.2) is 29.2 Å². The molecule has 0 heterocycles. The minimum Gasteiger partial charge on any atom is -0.390 e. The summed E-state index contributed by atoms with van der Waals surface area (Å²) >= 11 is 7.57. The van der Waals surface area contributed by atoms with Gasteiger partial charge in [0.05, 0.1) is 5.60 Å². The first kappa shape index (κ1) is 13.9. The van der Waals surface area contributed by atoms with Gasteiger partial charge in [0.1, 0.15) is 0 Å². The highest BCUT2D eigenvalue weighted by atomic mass is 35.5. The van der Waals surface area contributed by atoms with Crippen LogP contribution in [-0.2, 0) is 0 Å². The first-order valence-corrected chi connectivity index (χ1v) is 6.89. The average Bonchev–Trinajstić information content (AvgIpc) is 2.20. The van der Waals surface area contributed by atoms with Crippen molar-refractivity contribution in [3.05, 3.63) is 29.3 Å². The van der Waals surface area contributed by atoms with Gasteiger partial charge in [-0.1, -0.05) is 25.4 Å². The van der Waals surface area contributed by atoms with Crippen molar-refractivity contribution in [1.29, 1.82) is 0 Å². The zero-order valence-electron chi connectivity index (χ0n) is 10.0. The number of hydrogen-bond donors (Lipinski definition) is 1. The third-order valence-corrected chi connectivity index (χ3v) is 4.20. The van der Waals surface area contributed by atoms with Crippen LogP contribution in [0.2, 0.25) is 5.02 Å². The highest BCUT2D eigenvalue weighted by Gasteiger charge is 2.23. The van der Waals surface area contributed by atoms with Gasteiger partial charge in [0.15, 0.2) is 0 Å². The van der Waals surface area contributed by atoms with Crippen LogP contribution in [0.3, 0.4) is 0 Å². The molecule has 0 aliphatic heterocycles. The molecule has 16 heavy (non-hydrogen) atoms. The molecule has 0 aromatic heterocycles. The summed E-state index contributed by atoms with van der Waals surface area (Å²) in [5, 5.41) is 10.8. The fraction of sp³-hybridized carbons (Fsp3) is 0.538. The quantitative estimate of drug-likeness (QED) is 0.798. The van der Waals surface area contributed by atoms with Crippen molar-refractivity contribution in [2.24, 2.45) is 5.92 Å². The van der Waals surface area contributed by atoms with E-state index in [-0.39, 0.29) is 0 Å². The molecule has 1 aromatic carbocycles. The van der Waals surface area contributed by atoms with E-state index in [1.54, 1.807) is 11.8 Å². The number of halogens is 1. The Morgan fingerprint density at radius 2 is 1.88 bits per heavy atom. The number of thioether (sulfide) groups is 1. The van der Waals surface area contributed by atoms with E-state index in [1.807, 2.05) is 45.0 Å². The SMILES string of the molecule is CC(C)C(C)(O)CCSc1ccc(Cl)cc1. The van der Waals surface area contributed by atoms with E-state index in [0.717, 1.165) is 17.2 Å². The molecule has 1 nitrogen and oxygen atoms in total. The second-order valence-corrected chi connectivity index (χ2v) is 6.17. The van der Waals surface area contributed by atoms with E-state index in [2.05, 4.69) is 0 Å². The van der Waals surface area contributed by atoms with Crippen LogP contribution in [-0.4, -0.2) is 16.5 Å². The molecule has 0 saturated carbocycles. The Balaban J connectivity index is 2.39. The Labute approximate surface area is 107 Å². The molecule has 0 spiro atoms. The number of hydrogen-bond acceptors (Lipinski definition) is 2. The lowest BCUT2D eigenvalue weighted by Crippen LogP contribution is -2.31. The summed E-state index contributed by atoms with van der Waals surface area (Å²) in [5.41, 5.74) is -0.570. The van der Waals surface area contributed by atoms with Gasteiger partial charge in [-0.3, -0.25) is 0 Å². The van der Waals surface area contributed by atoms with E-state index in [0.29, 0.717) is 5.92 Å². The summed E-state index contributed by atoms with van der Waals surface area (Å²) in [6.07, 6.45) is 0.804. The maximum absolute atomic E-state index is 10.1. The number of benzene rings is 1. The summed E-state index contributed by atoms with van der Waals surface area (Å²) in [4.78, 5) is 1.20. The predicted molar refractivity (Wildman–Crippen MR) is 72.3 cm³/mol. The van der Waals surface area contributed by atoms with Crippen LogP contribution < -0.4 is 0 Å². The second-order valence-electron chi connectivity index (χ2n) is 4.56. The largest absolute Gasteiger partial charge is 0.390 e. The van der Waals surface area contributed by atoms with Crippen molar-refractivity contribution in [1.82, 2.24) is 0 Å². The molecule has 0 saturated heterocycles. The van der Waals surface area contributed by atoms with E-state index in [1.165, 1.54) is 4.90 Å². The average molecular weight is 259 g/mol. The highest BCUT2D eigenvalue weighted by molar-refractivity contribution is 7.99. The van der Waals surface area contributed by atoms with Crippen molar-refractivity contribution in [3.8, 4) is 0 Å². The number of rotatable bonds is 5. The zero-order valence-corrected chi connectivity index (χ0v) is 11.6. The molecule has 1 unspecified atom stereocenters. The molecule has 1 aromatic rings. The van der Waals surface area contributed by atoms with E-state index < -0.39 is 5.60 Å². The summed E-state index contributed by atoms with van der Waals surface area (Å²) in [6, 6.07) is 7.81. The fourth-order valence-electron chi connectivity index (χ4n) is 1.20. The van der Waals surface area contributed by atoms with Crippen LogP contribution >= 0.6 is 23.4 Å². The lowest BCUT2D eigenvalue weighted by atomic mass is 9.90.